The number of unbranched alkanes of at least 4 members (excludes halogenated alkanes) is 13. The van der Waals surface area contributed by atoms with Crippen molar-refractivity contribution in [3.05, 3.63) is 41.7 Å². The van der Waals surface area contributed by atoms with Gasteiger partial charge in [0.2, 0.25) is 0 Å². The first kappa shape index (κ1) is 26.9. The molecule has 0 radical (unpaired) electrons. The second-order valence-corrected chi connectivity index (χ2v) is 9.84. The Balaban J connectivity index is 1.69. The predicted molar refractivity (Wildman–Crippen MR) is 143 cm³/mol. The molecule has 0 bridgehead atoms. The second kappa shape index (κ2) is 17.2. The van der Waals surface area contributed by atoms with Gasteiger partial charge in [0.15, 0.2) is 5.82 Å². The summed E-state index contributed by atoms with van der Waals surface area (Å²) >= 11 is 4.73. The fraction of sp³-hybridized carbons (Fsp3) is 0.655. The molecule has 2 rings (SSSR count). The summed E-state index contributed by atoms with van der Waals surface area (Å²) in [6.07, 6.45) is 26.5. The zero-order chi connectivity index (χ0) is 22.9. The Bertz CT molecular complexity index is 726. The summed E-state index contributed by atoms with van der Waals surface area (Å²) in [4.78, 5) is 10.3. The highest BCUT2D eigenvalue weighted by atomic mass is 32.1. The Hall–Kier alpha value is -1.35. The first-order chi connectivity index (χ1) is 15.7. The number of hydrogen-bond acceptors (Lipinski definition) is 3. The number of hydrogen-bond donors (Lipinski definition) is 1. The van der Waals surface area contributed by atoms with Crippen molar-refractivity contribution in [1.29, 1.82) is 0 Å². The van der Waals surface area contributed by atoms with Crippen LogP contribution in [0.1, 0.15) is 121 Å². The zero-order valence-corrected chi connectivity index (χ0v) is 21.6. The first-order valence-electron chi connectivity index (χ1n) is 13.4. The molecule has 0 aliphatic rings. The lowest BCUT2D eigenvalue weighted by molar-refractivity contribution is 0.564. The van der Waals surface area contributed by atoms with E-state index in [1.165, 1.54) is 107 Å². The van der Waals surface area contributed by atoms with Crippen LogP contribution in [0.2, 0.25) is 0 Å². The number of aromatic nitrogens is 2. The lowest BCUT2D eigenvalue weighted by atomic mass is 10.0. The van der Waals surface area contributed by atoms with Gasteiger partial charge >= 0.3 is 0 Å². The quantitative estimate of drug-likeness (QED) is 0.179. The van der Waals surface area contributed by atoms with Gasteiger partial charge in [-0.15, -0.1) is 12.6 Å². The Morgan fingerprint density at radius 1 is 0.594 bits per heavy atom. The van der Waals surface area contributed by atoms with Gasteiger partial charge < -0.3 is 0 Å². The van der Waals surface area contributed by atoms with Crippen LogP contribution in [0.5, 0.6) is 0 Å². The molecule has 0 N–H and O–H groups in total. The molecule has 0 aliphatic heterocycles. The molecule has 32 heavy (non-hydrogen) atoms. The summed E-state index contributed by atoms with van der Waals surface area (Å²) in [5.41, 5.74) is 3.66. The lowest BCUT2D eigenvalue weighted by Crippen LogP contribution is -1.95. The highest BCUT2D eigenvalue weighted by molar-refractivity contribution is 7.80. The maximum atomic E-state index is 4.73. The van der Waals surface area contributed by atoms with Crippen molar-refractivity contribution in [2.24, 2.45) is 0 Å². The monoisotopic (exact) mass is 454 g/mol. The molecule has 2 aromatic rings. The minimum Gasteiger partial charge on any atom is -0.236 e. The van der Waals surface area contributed by atoms with Gasteiger partial charge in [0.25, 0.3) is 0 Å². The smallest absolute Gasteiger partial charge is 0.160 e. The SMILES string of the molecule is CCCCCCCCCCCc1cnc(-c2ccc(CCCCCCCC)cc2S)nc1. The van der Waals surface area contributed by atoms with Crippen molar-refractivity contribution in [1.82, 2.24) is 9.97 Å². The van der Waals surface area contributed by atoms with Crippen LogP contribution in [0.25, 0.3) is 11.4 Å². The van der Waals surface area contributed by atoms with Gasteiger partial charge in [0, 0.05) is 22.9 Å². The molecule has 0 fully saturated rings. The number of thiol groups is 1. The standard InChI is InChI=1S/C29H46N2S/c1-3-5-7-9-11-12-13-15-17-19-26-23-30-29(31-24-26)27-21-20-25(22-28(27)32)18-16-14-10-8-6-4-2/h20-24,32H,3-19H2,1-2H3. The molecule has 3 heteroatoms. The molecule has 0 saturated heterocycles. The molecular weight excluding hydrogens is 408 g/mol. The third kappa shape index (κ3) is 11.0. The molecule has 0 amide bonds. The van der Waals surface area contributed by atoms with Crippen LogP contribution < -0.4 is 0 Å². The first-order valence-corrected chi connectivity index (χ1v) is 13.8. The minimum absolute atomic E-state index is 0.789. The maximum Gasteiger partial charge on any atom is 0.160 e. The van der Waals surface area contributed by atoms with Crippen LogP contribution in [0, 0.1) is 0 Å². The molecule has 1 aromatic heterocycles. The summed E-state index contributed by atoms with van der Waals surface area (Å²) in [5, 5.41) is 0. The fourth-order valence-corrected chi connectivity index (χ4v) is 4.63. The summed E-state index contributed by atoms with van der Waals surface area (Å²) < 4.78 is 0. The van der Waals surface area contributed by atoms with Crippen LogP contribution in [0.4, 0.5) is 0 Å². The molecular formula is C29H46N2S. The van der Waals surface area contributed by atoms with Gasteiger partial charge in [0.05, 0.1) is 0 Å². The zero-order valence-electron chi connectivity index (χ0n) is 20.7. The Kier molecular flexibility index (Phi) is 14.4. The molecule has 0 saturated carbocycles. The third-order valence-electron chi connectivity index (χ3n) is 6.40. The molecule has 0 aliphatic carbocycles. The van der Waals surface area contributed by atoms with E-state index in [1.54, 1.807) is 0 Å². The van der Waals surface area contributed by atoms with Crippen molar-refractivity contribution in [2.75, 3.05) is 0 Å². The molecule has 0 spiro atoms. The maximum absolute atomic E-state index is 4.73. The molecule has 1 heterocycles. The average Bonchev–Trinajstić information content (AvgIpc) is 2.81. The highest BCUT2D eigenvalue weighted by Gasteiger charge is 2.07. The van der Waals surface area contributed by atoms with E-state index in [0.717, 1.165) is 29.1 Å². The van der Waals surface area contributed by atoms with Crippen LogP contribution in [-0.2, 0) is 12.8 Å². The Labute approximate surface area is 203 Å². The molecule has 2 nitrogen and oxygen atoms in total. The normalized spacial score (nSPS) is 11.2. The summed E-state index contributed by atoms with van der Waals surface area (Å²) in [6.45, 7) is 4.55. The molecule has 0 unspecified atom stereocenters. The summed E-state index contributed by atoms with van der Waals surface area (Å²) in [7, 11) is 0. The number of rotatable bonds is 18. The van der Waals surface area contributed by atoms with E-state index in [-0.39, 0.29) is 0 Å². The van der Waals surface area contributed by atoms with Crippen LogP contribution >= 0.6 is 12.6 Å². The van der Waals surface area contributed by atoms with Gasteiger partial charge in [-0.05, 0) is 48.9 Å². The topological polar surface area (TPSA) is 25.8 Å². The van der Waals surface area contributed by atoms with Crippen LogP contribution in [0.15, 0.2) is 35.5 Å². The average molecular weight is 455 g/mol. The molecule has 0 atom stereocenters. The summed E-state index contributed by atoms with van der Waals surface area (Å²) in [5.74, 6) is 0.789. The van der Waals surface area contributed by atoms with E-state index in [2.05, 4.69) is 42.0 Å². The number of aryl methyl sites for hydroxylation is 2. The van der Waals surface area contributed by atoms with Gasteiger partial charge in [-0.3, -0.25) is 0 Å². The van der Waals surface area contributed by atoms with Crippen LogP contribution in [0.3, 0.4) is 0 Å². The largest absolute Gasteiger partial charge is 0.236 e. The Morgan fingerprint density at radius 2 is 1.06 bits per heavy atom. The molecule has 178 valence electrons. The van der Waals surface area contributed by atoms with Crippen molar-refractivity contribution in [3.8, 4) is 11.4 Å². The van der Waals surface area contributed by atoms with Crippen molar-refractivity contribution >= 4 is 12.6 Å². The van der Waals surface area contributed by atoms with E-state index >= 15 is 0 Å². The third-order valence-corrected chi connectivity index (χ3v) is 6.77. The van der Waals surface area contributed by atoms with Crippen molar-refractivity contribution < 1.29 is 0 Å². The number of nitrogens with zero attached hydrogens (tertiary/aromatic N) is 2. The predicted octanol–water partition coefficient (Wildman–Crippen LogP) is 9.41. The lowest BCUT2D eigenvalue weighted by Gasteiger charge is -2.08. The number of benzene rings is 1. The van der Waals surface area contributed by atoms with Gasteiger partial charge in [-0.1, -0.05) is 103 Å². The van der Waals surface area contributed by atoms with Gasteiger partial charge in [-0.25, -0.2) is 9.97 Å². The fourth-order valence-electron chi connectivity index (χ4n) is 4.29. The van der Waals surface area contributed by atoms with Crippen molar-refractivity contribution in [3.63, 3.8) is 0 Å². The van der Waals surface area contributed by atoms with Gasteiger partial charge in [0.1, 0.15) is 0 Å². The van der Waals surface area contributed by atoms with E-state index in [9.17, 15) is 0 Å². The van der Waals surface area contributed by atoms with E-state index in [4.69, 9.17) is 12.6 Å². The van der Waals surface area contributed by atoms with E-state index in [1.807, 2.05) is 12.4 Å². The highest BCUT2D eigenvalue weighted by Crippen LogP contribution is 2.25. The molecule has 1 aromatic carbocycles. The second-order valence-electron chi connectivity index (χ2n) is 9.36. The van der Waals surface area contributed by atoms with Gasteiger partial charge in [-0.2, -0.15) is 0 Å². The van der Waals surface area contributed by atoms with Crippen LogP contribution in [-0.4, -0.2) is 9.97 Å². The minimum atomic E-state index is 0.789. The van der Waals surface area contributed by atoms with E-state index < -0.39 is 0 Å². The Morgan fingerprint density at radius 3 is 1.56 bits per heavy atom. The van der Waals surface area contributed by atoms with Crippen molar-refractivity contribution in [2.45, 2.75) is 128 Å². The van der Waals surface area contributed by atoms with E-state index in [0.29, 0.717) is 0 Å². The summed E-state index contributed by atoms with van der Waals surface area (Å²) in [6, 6.07) is 6.56.